The summed E-state index contributed by atoms with van der Waals surface area (Å²) in [5.74, 6) is 0.818. The van der Waals surface area contributed by atoms with Crippen LogP contribution in [-0.4, -0.2) is 23.5 Å². The van der Waals surface area contributed by atoms with Crippen LogP contribution in [0, 0.1) is 5.41 Å². The third kappa shape index (κ3) is 2.60. The highest BCUT2D eigenvalue weighted by atomic mass is 16.5. The molecule has 1 aromatic heterocycles. The minimum atomic E-state index is 0.172. The molecule has 1 atom stereocenters. The first-order valence-electron chi connectivity index (χ1n) is 5.65. The zero-order chi connectivity index (χ0) is 11.6. The number of hydrogen-bond donors (Lipinski definition) is 0. The number of aromatic nitrogens is 1. The lowest BCUT2D eigenvalue weighted by molar-refractivity contribution is 0.233. The van der Waals surface area contributed by atoms with Gasteiger partial charge in [-0.3, -0.25) is 4.98 Å². The molecule has 0 aromatic carbocycles. The van der Waals surface area contributed by atoms with E-state index in [2.05, 4.69) is 30.7 Å². The molecule has 0 N–H and O–H groups in total. The highest BCUT2D eigenvalue weighted by molar-refractivity contribution is 5.79. The number of ether oxygens (including phenoxy) is 1. The molecule has 86 valence electrons. The second-order valence-corrected chi connectivity index (χ2v) is 5.21. The topological polar surface area (TPSA) is 34.5 Å². The van der Waals surface area contributed by atoms with Crippen LogP contribution in [0.15, 0.2) is 29.4 Å². The summed E-state index contributed by atoms with van der Waals surface area (Å²) in [6.07, 6.45) is 2.50. The van der Waals surface area contributed by atoms with Crippen LogP contribution in [0.5, 0.6) is 0 Å². The van der Waals surface area contributed by atoms with E-state index in [0.29, 0.717) is 13.0 Å². The van der Waals surface area contributed by atoms with Gasteiger partial charge < -0.3 is 4.74 Å². The molecule has 0 bridgehead atoms. The Morgan fingerprint density at radius 3 is 2.75 bits per heavy atom. The monoisotopic (exact) mass is 218 g/mol. The van der Waals surface area contributed by atoms with Crippen LogP contribution in [0.25, 0.3) is 0 Å². The molecule has 0 unspecified atom stereocenters. The molecular weight excluding hydrogens is 200 g/mol. The average molecular weight is 218 g/mol. The van der Waals surface area contributed by atoms with Crippen molar-refractivity contribution in [3.05, 3.63) is 30.1 Å². The van der Waals surface area contributed by atoms with E-state index in [4.69, 9.17) is 4.74 Å². The van der Waals surface area contributed by atoms with E-state index >= 15 is 0 Å². The summed E-state index contributed by atoms with van der Waals surface area (Å²) in [6, 6.07) is 6.17. The van der Waals surface area contributed by atoms with E-state index in [0.717, 1.165) is 11.6 Å². The van der Waals surface area contributed by atoms with Crippen molar-refractivity contribution in [2.45, 2.75) is 33.2 Å². The fourth-order valence-electron chi connectivity index (χ4n) is 1.62. The zero-order valence-corrected chi connectivity index (χ0v) is 10.1. The fraction of sp³-hybridized carbons (Fsp3) is 0.538. The van der Waals surface area contributed by atoms with Crippen LogP contribution in [0.1, 0.15) is 26.5 Å². The van der Waals surface area contributed by atoms with Crippen molar-refractivity contribution >= 4 is 5.90 Å². The lowest BCUT2D eigenvalue weighted by Crippen LogP contribution is -2.25. The Bertz CT molecular complexity index is 379. The smallest absolute Gasteiger partial charge is 0.189 e. The molecule has 0 spiro atoms. The summed E-state index contributed by atoms with van der Waals surface area (Å²) in [7, 11) is 0. The maximum Gasteiger partial charge on any atom is 0.189 e. The highest BCUT2D eigenvalue weighted by Crippen LogP contribution is 2.26. The Hall–Kier alpha value is -1.38. The van der Waals surface area contributed by atoms with Crippen LogP contribution in [-0.2, 0) is 11.2 Å². The van der Waals surface area contributed by atoms with Gasteiger partial charge in [-0.1, -0.05) is 26.8 Å². The second kappa shape index (κ2) is 4.24. The summed E-state index contributed by atoms with van der Waals surface area (Å²) in [4.78, 5) is 8.88. The van der Waals surface area contributed by atoms with Crippen molar-refractivity contribution in [2.24, 2.45) is 10.4 Å². The third-order valence-electron chi connectivity index (χ3n) is 2.77. The Balaban J connectivity index is 2.03. The molecule has 1 aliphatic heterocycles. The minimum absolute atomic E-state index is 0.172. The van der Waals surface area contributed by atoms with Crippen molar-refractivity contribution in [3.8, 4) is 0 Å². The van der Waals surface area contributed by atoms with Crippen LogP contribution >= 0.6 is 0 Å². The maximum absolute atomic E-state index is 5.61. The SMILES string of the molecule is CC(C)(C)[C@H]1COC(Cc2ccccn2)=N1. The molecule has 0 saturated carbocycles. The molecule has 16 heavy (non-hydrogen) atoms. The van der Waals surface area contributed by atoms with Gasteiger partial charge >= 0.3 is 0 Å². The molecule has 3 heteroatoms. The minimum Gasteiger partial charge on any atom is -0.478 e. The predicted octanol–water partition coefficient (Wildman–Crippen LogP) is 2.47. The highest BCUT2D eigenvalue weighted by Gasteiger charge is 2.30. The van der Waals surface area contributed by atoms with Gasteiger partial charge in [0.2, 0.25) is 0 Å². The number of nitrogens with zero attached hydrogens (tertiary/aromatic N) is 2. The maximum atomic E-state index is 5.61. The average Bonchev–Trinajstić information content (AvgIpc) is 2.67. The molecule has 0 saturated heterocycles. The molecule has 2 heterocycles. The molecule has 0 fully saturated rings. The van der Waals surface area contributed by atoms with Gasteiger partial charge in [-0.15, -0.1) is 0 Å². The Morgan fingerprint density at radius 1 is 1.38 bits per heavy atom. The van der Waals surface area contributed by atoms with Gasteiger partial charge in [-0.05, 0) is 17.5 Å². The first kappa shape index (κ1) is 11.1. The van der Waals surface area contributed by atoms with E-state index in [-0.39, 0.29) is 11.5 Å². The lowest BCUT2D eigenvalue weighted by atomic mass is 9.88. The molecule has 1 aromatic rings. The molecule has 0 amide bonds. The van der Waals surface area contributed by atoms with E-state index in [1.165, 1.54) is 0 Å². The largest absolute Gasteiger partial charge is 0.478 e. The predicted molar refractivity (Wildman–Crippen MR) is 64.6 cm³/mol. The molecule has 1 aliphatic rings. The normalized spacial score (nSPS) is 20.4. The van der Waals surface area contributed by atoms with Crippen molar-refractivity contribution in [1.29, 1.82) is 0 Å². The molecule has 0 aliphatic carbocycles. The summed E-state index contributed by atoms with van der Waals surface area (Å²) in [5, 5.41) is 0. The molecule has 0 radical (unpaired) electrons. The van der Waals surface area contributed by atoms with Crippen molar-refractivity contribution in [2.75, 3.05) is 6.61 Å². The van der Waals surface area contributed by atoms with E-state index in [9.17, 15) is 0 Å². The summed E-state index contributed by atoms with van der Waals surface area (Å²) < 4.78 is 5.61. The number of hydrogen-bond acceptors (Lipinski definition) is 3. The van der Waals surface area contributed by atoms with Gasteiger partial charge in [0.05, 0.1) is 12.5 Å². The third-order valence-corrected chi connectivity index (χ3v) is 2.77. The standard InChI is InChI=1S/C13H18N2O/c1-13(2,3)11-9-16-12(15-11)8-10-6-4-5-7-14-10/h4-7,11H,8-9H2,1-3H3/t11-/m1/s1. The van der Waals surface area contributed by atoms with Gasteiger partial charge in [-0.25, -0.2) is 4.99 Å². The Labute approximate surface area is 96.6 Å². The lowest BCUT2D eigenvalue weighted by Gasteiger charge is -2.21. The van der Waals surface area contributed by atoms with Gasteiger partial charge in [0.1, 0.15) is 6.61 Å². The van der Waals surface area contributed by atoms with Crippen LogP contribution < -0.4 is 0 Å². The summed E-state index contributed by atoms with van der Waals surface area (Å²) in [6.45, 7) is 7.27. The van der Waals surface area contributed by atoms with E-state index < -0.39 is 0 Å². The van der Waals surface area contributed by atoms with Gasteiger partial charge in [0.25, 0.3) is 0 Å². The summed E-state index contributed by atoms with van der Waals surface area (Å²) >= 11 is 0. The van der Waals surface area contributed by atoms with Crippen LogP contribution in [0.3, 0.4) is 0 Å². The molecule has 2 rings (SSSR count). The first-order valence-corrected chi connectivity index (χ1v) is 5.65. The summed E-state index contributed by atoms with van der Waals surface area (Å²) in [5.41, 5.74) is 1.18. The Kier molecular flexibility index (Phi) is 2.95. The van der Waals surface area contributed by atoms with Gasteiger partial charge in [0, 0.05) is 11.9 Å². The number of aliphatic imine (C=N–C) groups is 1. The van der Waals surface area contributed by atoms with E-state index in [1.807, 2.05) is 18.2 Å². The molecule has 3 nitrogen and oxygen atoms in total. The van der Waals surface area contributed by atoms with E-state index in [1.54, 1.807) is 6.20 Å². The number of pyridine rings is 1. The molecular formula is C13H18N2O. The van der Waals surface area contributed by atoms with Crippen LogP contribution in [0.2, 0.25) is 0 Å². The van der Waals surface area contributed by atoms with Crippen LogP contribution in [0.4, 0.5) is 0 Å². The fourth-order valence-corrected chi connectivity index (χ4v) is 1.62. The van der Waals surface area contributed by atoms with Crippen molar-refractivity contribution in [1.82, 2.24) is 4.98 Å². The van der Waals surface area contributed by atoms with Gasteiger partial charge in [0.15, 0.2) is 5.90 Å². The zero-order valence-electron chi connectivity index (χ0n) is 10.1. The van der Waals surface area contributed by atoms with Gasteiger partial charge in [-0.2, -0.15) is 0 Å². The Morgan fingerprint density at radius 2 is 2.19 bits per heavy atom. The number of rotatable bonds is 2. The van der Waals surface area contributed by atoms with Crippen molar-refractivity contribution in [3.63, 3.8) is 0 Å². The quantitative estimate of drug-likeness (QED) is 0.764. The second-order valence-electron chi connectivity index (χ2n) is 5.21. The first-order chi connectivity index (χ1) is 7.55. The van der Waals surface area contributed by atoms with Crippen molar-refractivity contribution < 1.29 is 4.74 Å².